The van der Waals surface area contributed by atoms with Crippen molar-refractivity contribution in [2.45, 2.75) is 82.0 Å². The van der Waals surface area contributed by atoms with Crippen LogP contribution < -0.4 is 50.4 Å². The number of guanidine groups is 1. The van der Waals surface area contributed by atoms with Gasteiger partial charge in [-0.05, 0) is 58.0 Å². The molecule has 0 aliphatic rings. The standard InChI is InChI=1S/C22H44N10O6/c23-9-3-1-6-13(25)18(34)30-15(8-5-11-29-22(27)28)19(35)31-14(7-2-4-10-24)20(36)32-16(21(37)38)12-17(26)33/h13-16H,1-12,23-25H2,(H2,26,33)(H,30,34)(H,31,35)(H,32,36)(H,37,38)(H4,27,28,29). The number of amides is 4. The quantitative estimate of drug-likeness (QED) is 0.0377. The van der Waals surface area contributed by atoms with Gasteiger partial charge in [-0.2, -0.15) is 0 Å². The van der Waals surface area contributed by atoms with Crippen molar-refractivity contribution in [3.05, 3.63) is 0 Å². The topological polar surface area (TPSA) is 310 Å². The highest BCUT2D eigenvalue weighted by Crippen LogP contribution is 2.07. The van der Waals surface area contributed by atoms with Gasteiger partial charge in [-0.1, -0.05) is 6.42 Å². The van der Waals surface area contributed by atoms with Crippen LogP contribution in [0.4, 0.5) is 0 Å². The molecule has 0 aromatic carbocycles. The van der Waals surface area contributed by atoms with E-state index in [0.717, 1.165) is 0 Å². The first kappa shape index (κ1) is 34.5. The van der Waals surface area contributed by atoms with Crippen molar-refractivity contribution in [3.8, 4) is 0 Å². The van der Waals surface area contributed by atoms with Crippen molar-refractivity contribution in [1.29, 1.82) is 0 Å². The second kappa shape index (κ2) is 19.6. The molecule has 0 saturated carbocycles. The van der Waals surface area contributed by atoms with E-state index in [1.807, 2.05) is 0 Å². The summed E-state index contributed by atoms with van der Waals surface area (Å²) in [6, 6.07) is -4.69. The van der Waals surface area contributed by atoms with E-state index in [-0.39, 0.29) is 25.3 Å². The summed E-state index contributed by atoms with van der Waals surface area (Å²) in [5, 5.41) is 16.7. The Labute approximate surface area is 222 Å². The number of nitrogens with two attached hydrogens (primary N) is 6. The maximum absolute atomic E-state index is 13.2. The molecule has 0 aromatic rings. The average Bonchev–Trinajstić information content (AvgIpc) is 2.84. The third kappa shape index (κ3) is 15.6. The summed E-state index contributed by atoms with van der Waals surface area (Å²) in [5.74, 6) is -4.58. The van der Waals surface area contributed by atoms with Crippen LogP contribution >= 0.6 is 0 Å². The Morgan fingerprint density at radius 3 is 1.63 bits per heavy atom. The van der Waals surface area contributed by atoms with Gasteiger partial charge in [0.05, 0.1) is 12.5 Å². The predicted molar refractivity (Wildman–Crippen MR) is 141 cm³/mol. The first-order valence-electron chi connectivity index (χ1n) is 12.6. The molecule has 0 aromatic heterocycles. The zero-order valence-electron chi connectivity index (χ0n) is 21.7. The van der Waals surface area contributed by atoms with Gasteiger partial charge in [0.15, 0.2) is 5.96 Å². The average molecular weight is 545 g/mol. The number of nitrogens with one attached hydrogen (secondary N) is 3. The van der Waals surface area contributed by atoms with Gasteiger partial charge in [0, 0.05) is 6.54 Å². The highest BCUT2D eigenvalue weighted by atomic mass is 16.4. The maximum atomic E-state index is 13.2. The van der Waals surface area contributed by atoms with Crippen molar-refractivity contribution in [1.82, 2.24) is 16.0 Å². The zero-order valence-corrected chi connectivity index (χ0v) is 21.7. The number of carboxylic acid groups (broad SMARTS) is 1. The van der Waals surface area contributed by atoms with E-state index in [9.17, 15) is 29.1 Å². The second-order valence-electron chi connectivity index (χ2n) is 8.82. The fourth-order valence-electron chi connectivity index (χ4n) is 3.40. The van der Waals surface area contributed by atoms with Crippen LogP contribution in [0.25, 0.3) is 0 Å². The number of hydrogen-bond acceptors (Lipinski definition) is 9. The van der Waals surface area contributed by atoms with Gasteiger partial charge in [0.2, 0.25) is 23.6 Å². The van der Waals surface area contributed by atoms with Crippen LogP contribution in [0.1, 0.15) is 57.8 Å². The molecule has 4 amide bonds. The predicted octanol–water partition coefficient (Wildman–Crippen LogP) is -3.96. The molecule has 0 radical (unpaired) electrons. The minimum Gasteiger partial charge on any atom is -0.480 e. The summed E-state index contributed by atoms with van der Waals surface area (Å²) < 4.78 is 0. The van der Waals surface area contributed by atoms with E-state index < -0.39 is 60.2 Å². The van der Waals surface area contributed by atoms with Crippen LogP contribution in [0.3, 0.4) is 0 Å². The Morgan fingerprint density at radius 2 is 1.16 bits per heavy atom. The van der Waals surface area contributed by atoms with E-state index in [0.29, 0.717) is 51.6 Å². The summed E-state index contributed by atoms with van der Waals surface area (Å²) in [6.45, 7) is 0.992. The molecule has 0 aliphatic carbocycles. The maximum Gasteiger partial charge on any atom is 0.326 e. The largest absolute Gasteiger partial charge is 0.480 e. The molecule has 0 fully saturated rings. The summed E-state index contributed by atoms with van der Waals surface area (Å²) >= 11 is 0. The fraction of sp³-hybridized carbons (Fsp3) is 0.727. The lowest BCUT2D eigenvalue weighted by atomic mass is 10.0. The lowest BCUT2D eigenvalue weighted by Gasteiger charge is -2.25. The summed E-state index contributed by atoms with van der Waals surface area (Å²) in [4.78, 5) is 65.2. The summed E-state index contributed by atoms with van der Waals surface area (Å²) in [7, 11) is 0. The molecule has 0 saturated heterocycles. The summed E-state index contributed by atoms with van der Waals surface area (Å²) in [6.07, 6.45) is 2.62. The lowest BCUT2D eigenvalue weighted by Crippen LogP contribution is -2.57. The van der Waals surface area contributed by atoms with Crippen LogP contribution in [0.2, 0.25) is 0 Å². The van der Waals surface area contributed by atoms with Gasteiger partial charge in [-0.3, -0.25) is 24.2 Å². The Hall–Kier alpha value is -3.50. The van der Waals surface area contributed by atoms with Crippen LogP contribution in [-0.2, 0) is 24.0 Å². The monoisotopic (exact) mass is 544 g/mol. The van der Waals surface area contributed by atoms with Gasteiger partial charge in [-0.15, -0.1) is 0 Å². The number of carboxylic acids is 1. The van der Waals surface area contributed by atoms with Crippen molar-refractivity contribution < 1.29 is 29.1 Å². The van der Waals surface area contributed by atoms with E-state index in [1.165, 1.54) is 0 Å². The zero-order chi connectivity index (χ0) is 29.1. The van der Waals surface area contributed by atoms with Gasteiger partial charge in [-0.25, -0.2) is 4.79 Å². The molecule has 16 heteroatoms. The summed E-state index contributed by atoms with van der Waals surface area (Å²) in [5.41, 5.74) is 32.7. The highest BCUT2D eigenvalue weighted by molar-refractivity contribution is 5.94. The van der Waals surface area contributed by atoms with Gasteiger partial charge < -0.3 is 55.5 Å². The number of hydrogen-bond donors (Lipinski definition) is 10. The SMILES string of the molecule is NCCCCC(N)C(=O)NC(CCCN=C(N)N)C(=O)NC(CCCCN)C(=O)NC(CC(N)=O)C(=O)O. The van der Waals surface area contributed by atoms with E-state index >= 15 is 0 Å². The lowest BCUT2D eigenvalue weighted by molar-refractivity contribution is -0.143. The number of unbranched alkanes of at least 4 members (excludes halogenated alkanes) is 2. The molecule has 4 unspecified atom stereocenters. The van der Waals surface area contributed by atoms with Crippen molar-refractivity contribution in [2.75, 3.05) is 19.6 Å². The number of aliphatic imine (C=N–C) groups is 1. The smallest absolute Gasteiger partial charge is 0.326 e. The molecular weight excluding hydrogens is 500 g/mol. The van der Waals surface area contributed by atoms with E-state index in [1.54, 1.807) is 0 Å². The van der Waals surface area contributed by atoms with E-state index in [2.05, 4.69) is 20.9 Å². The molecule has 0 aliphatic heterocycles. The molecule has 0 heterocycles. The molecule has 0 rings (SSSR count). The molecule has 0 bridgehead atoms. The minimum atomic E-state index is -1.57. The first-order chi connectivity index (χ1) is 17.9. The normalized spacial score (nSPS) is 13.9. The molecule has 16 N–H and O–H groups in total. The fourth-order valence-corrected chi connectivity index (χ4v) is 3.40. The van der Waals surface area contributed by atoms with Crippen LogP contribution in [0.5, 0.6) is 0 Å². The van der Waals surface area contributed by atoms with Crippen molar-refractivity contribution in [3.63, 3.8) is 0 Å². The number of carbonyl (C=O) groups is 5. The van der Waals surface area contributed by atoms with Crippen LogP contribution in [-0.4, -0.2) is 84.5 Å². The first-order valence-corrected chi connectivity index (χ1v) is 12.6. The third-order valence-electron chi connectivity index (χ3n) is 5.48. The van der Waals surface area contributed by atoms with Crippen LogP contribution in [0, 0.1) is 0 Å². The Kier molecular flexibility index (Phi) is 17.8. The molecule has 218 valence electrons. The molecule has 0 spiro atoms. The Bertz CT molecular complexity index is 805. The number of primary amides is 1. The Balaban J connectivity index is 5.61. The van der Waals surface area contributed by atoms with Crippen LogP contribution in [0.15, 0.2) is 4.99 Å². The third-order valence-corrected chi connectivity index (χ3v) is 5.48. The van der Waals surface area contributed by atoms with Gasteiger partial charge in [0.25, 0.3) is 0 Å². The van der Waals surface area contributed by atoms with Gasteiger partial charge >= 0.3 is 5.97 Å². The molecular formula is C22H44N10O6. The molecule has 38 heavy (non-hydrogen) atoms. The molecule has 4 atom stereocenters. The number of aliphatic carboxylic acids is 1. The van der Waals surface area contributed by atoms with E-state index in [4.69, 9.17) is 34.4 Å². The number of rotatable bonds is 21. The Morgan fingerprint density at radius 1 is 0.684 bits per heavy atom. The molecule has 16 nitrogen and oxygen atoms in total. The highest BCUT2D eigenvalue weighted by Gasteiger charge is 2.30. The minimum absolute atomic E-state index is 0.125. The van der Waals surface area contributed by atoms with Gasteiger partial charge in [0.1, 0.15) is 18.1 Å². The van der Waals surface area contributed by atoms with Crippen molar-refractivity contribution >= 4 is 35.6 Å². The number of carbonyl (C=O) groups excluding carboxylic acids is 4. The second-order valence-corrected chi connectivity index (χ2v) is 8.82. The van der Waals surface area contributed by atoms with Crippen molar-refractivity contribution in [2.24, 2.45) is 39.4 Å². The number of nitrogens with zero attached hydrogens (tertiary/aromatic N) is 1.